The maximum atomic E-state index is 14.7. The van der Waals surface area contributed by atoms with Crippen LogP contribution in [0.1, 0.15) is 212 Å². The first-order valence-electron chi connectivity index (χ1n) is 27.9. The number of nitrogens with zero attached hydrogens (tertiary/aromatic N) is 2. The number of rotatable bonds is 18. The van der Waals surface area contributed by atoms with Gasteiger partial charge >= 0.3 is 11.9 Å². The van der Waals surface area contributed by atoms with Crippen molar-refractivity contribution in [2.75, 3.05) is 27.3 Å². The Morgan fingerprint density at radius 2 is 1.35 bits per heavy atom. The molecule has 0 saturated heterocycles. The molecular weight excluding hydrogens is 973 g/mol. The zero-order valence-corrected chi connectivity index (χ0v) is 48.2. The molecule has 2 aliphatic heterocycles. The highest BCUT2D eigenvalue weighted by molar-refractivity contribution is 6.06. The second-order valence-corrected chi connectivity index (χ2v) is 23.0. The number of aromatic nitrogens is 4. The molecule has 5 aromatic rings. The molecule has 0 saturated carbocycles. The van der Waals surface area contributed by atoms with E-state index >= 15 is 0 Å². The molecular formula is C66H80N6O6. The summed E-state index contributed by atoms with van der Waals surface area (Å²) in [6.45, 7) is 31.4. The molecule has 2 atom stereocenters. The number of H-pyrrole nitrogens is 2. The number of hydrogen-bond donors (Lipinski definition) is 4. The molecule has 8 rings (SSSR count). The van der Waals surface area contributed by atoms with Gasteiger partial charge in [0.2, 0.25) is 0 Å². The fourth-order valence-corrected chi connectivity index (χ4v) is 11.9. The third-order valence-corrected chi connectivity index (χ3v) is 17.1. The minimum Gasteiger partial charge on any atom is -0.469 e. The third-order valence-electron chi connectivity index (χ3n) is 17.1. The van der Waals surface area contributed by atoms with E-state index in [-0.39, 0.29) is 53.3 Å². The summed E-state index contributed by atoms with van der Waals surface area (Å²) >= 11 is 0. The predicted octanol–water partition coefficient (Wildman–Crippen LogP) is 13.9. The van der Waals surface area contributed by atoms with Crippen LogP contribution < -0.4 is 10.6 Å². The smallest absolute Gasteiger partial charge is 0.310 e. The van der Waals surface area contributed by atoms with Crippen LogP contribution in [0.15, 0.2) is 67.8 Å². The molecule has 12 nitrogen and oxygen atoms in total. The van der Waals surface area contributed by atoms with Crippen molar-refractivity contribution in [1.29, 1.82) is 0 Å². The Kier molecular flexibility index (Phi) is 17.0. The SMILES string of the molecule is C=Cc1c(C)c2cc3nc(c(CC(=O)OC)c4[nH]c(cc5nc(cc1[nH]2)C(C)=C5CC)c(C)c4C(=O)NCCCCCCNC(=O)c1ccc(C(=C)c2cc4c(cc2C)C(C)(C)CCC4(C)C)cc1)[C@@H](CCC(=O)OC)[C@@H]3C. The Morgan fingerprint density at radius 1 is 0.744 bits per heavy atom. The van der Waals surface area contributed by atoms with Gasteiger partial charge in [-0.25, -0.2) is 4.98 Å². The molecule has 0 radical (unpaired) electrons. The molecule has 1 aliphatic carbocycles. The lowest BCUT2D eigenvalue weighted by Crippen LogP contribution is -2.34. The quantitative estimate of drug-likeness (QED) is 0.0497. The first-order valence-corrected chi connectivity index (χ1v) is 27.9. The van der Waals surface area contributed by atoms with E-state index in [1.165, 1.54) is 37.3 Å². The summed E-state index contributed by atoms with van der Waals surface area (Å²) in [5.74, 6) is -1.73. The summed E-state index contributed by atoms with van der Waals surface area (Å²) in [4.78, 5) is 71.9. The van der Waals surface area contributed by atoms with Crippen LogP contribution in [0.5, 0.6) is 0 Å². The zero-order chi connectivity index (χ0) is 56.4. The van der Waals surface area contributed by atoms with E-state index in [9.17, 15) is 19.2 Å². The summed E-state index contributed by atoms with van der Waals surface area (Å²) in [7, 11) is 2.72. The molecule has 0 spiro atoms. The summed E-state index contributed by atoms with van der Waals surface area (Å²) in [6.07, 6.45) is 8.46. The molecule has 3 aliphatic rings. The summed E-state index contributed by atoms with van der Waals surface area (Å²) in [5.41, 5.74) is 19.6. The highest BCUT2D eigenvalue weighted by atomic mass is 16.5. The number of methoxy groups -OCH3 is 2. The van der Waals surface area contributed by atoms with Gasteiger partial charge in [0.05, 0.1) is 48.8 Å². The van der Waals surface area contributed by atoms with Crippen LogP contribution in [-0.4, -0.2) is 71.0 Å². The number of carbonyl (C=O) groups is 4. The van der Waals surface area contributed by atoms with E-state index in [1.807, 2.05) is 56.3 Å². The Labute approximate surface area is 461 Å². The third kappa shape index (κ3) is 11.5. The first kappa shape index (κ1) is 56.9. The molecule has 2 amide bonds. The second-order valence-electron chi connectivity index (χ2n) is 23.0. The monoisotopic (exact) mass is 1050 g/mol. The predicted molar refractivity (Wildman–Crippen MR) is 316 cm³/mol. The number of aryl methyl sites for hydroxylation is 3. The fraction of sp³-hybridized carbons (Fsp3) is 0.424. The van der Waals surface area contributed by atoms with Crippen LogP contribution in [0, 0.1) is 20.8 Å². The van der Waals surface area contributed by atoms with Crippen molar-refractivity contribution in [2.45, 2.75) is 156 Å². The minimum absolute atomic E-state index is 0.0947. The van der Waals surface area contributed by atoms with Gasteiger partial charge in [0.25, 0.3) is 11.8 Å². The Bertz CT molecular complexity index is 3420. The molecule has 5 heterocycles. The van der Waals surface area contributed by atoms with Crippen LogP contribution in [0.4, 0.5) is 0 Å². The van der Waals surface area contributed by atoms with Gasteiger partial charge < -0.3 is 30.1 Å². The number of hydrogen-bond acceptors (Lipinski definition) is 8. The average molecular weight is 1050 g/mol. The molecule has 0 unspecified atom stereocenters. The summed E-state index contributed by atoms with van der Waals surface area (Å²) < 4.78 is 10.4. The van der Waals surface area contributed by atoms with E-state index in [4.69, 9.17) is 19.4 Å². The Morgan fingerprint density at radius 3 is 1.97 bits per heavy atom. The second kappa shape index (κ2) is 23.3. The molecule has 0 fully saturated rings. The summed E-state index contributed by atoms with van der Waals surface area (Å²) in [6, 6.07) is 18.5. The Balaban J connectivity index is 1.01. The topological polar surface area (TPSA) is 168 Å². The zero-order valence-electron chi connectivity index (χ0n) is 48.2. The van der Waals surface area contributed by atoms with Crippen molar-refractivity contribution < 1.29 is 28.7 Å². The number of nitrogens with one attached hydrogen (secondary N) is 4. The van der Waals surface area contributed by atoms with Crippen LogP contribution >= 0.6 is 0 Å². The molecule has 410 valence electrons. The van der Waals surface area contributed by atoms with E-state index < -0.39 is 5.97 Å². The van der Waals surface area contributed by atoms with Gasteiger partial charge in [-0.05, 0) is 163 Å². The van der Waals surface area contributed by atoms with Crippen molar-refractivity contribution >= 4 is 68.6 Å². The number of allylic oxidation sites excluding steroid dienone is 2. The van der Waals surface area contributed by atoms with Gasteiger partial charge in [0.15, 0.2) is 0 Å². The van der Waals surface area contributed by atoms with Crippen molar-refractivity contribution in [3.8, 4) is 0 Å². The standard InChI is InChI=1S/C66H80N6O6/c1-15-45-39(5)52-34-54-41(7)47(25-26-58(73)77-13)61(71-54)49(33-59(74)78-14)62-60(42(8)55(72-62)36-57-46(16-2)40(6)53(70-57)35-56(45)69-52)64(76)68-30-20-18-17-19-29-67-63(75)44-23-21-43(22-24-44)38(4)48-32-51-50(31-37(48)3)65(9,10)27-28-66(51,11)12/h15,21-24,31-32,34-36,41,47,69,72H,1,4,16-20,25-30,33H2,2-3,5-14H3,(H,67,75)(H,68,76)/t41-,47-/m0/s1. The molecule has 4 N–H and O–H groups in total. The number of benzene rings is 2. The van der Waals surface area contributed by atoms with Crippen LogP contribution in [0.3, 0.4) is 0 Å². The van der Waals surface area contributed by atoms with Crippen molar-refractivity contribution in [3.05, 3.63) is 152 Å². The number of unbranched alkanes of at least 4 members (excludes halogenated alkanes) is 3. The van der Waals surface area contributed by atoms with Gasteiger partial charge in [-0.1, -0.05) is 97.9 Å². The van der Waals surface area contributed by atoms with E-state index in [0.29, 0.717) is 58.5 Å². The maximum Gasteiger partial charge on any atom is 0.310 e. The highest BCUT2D eigenvalue weighted by Crippen LogP contribution is 2.48. The normalized spacial score (nSPS) is 16.3. The minimum atomic E-state index is -0.495. The van der Waals surface area contributed by atoms with Gasteiger partial charge in [0, 0.05) is 70.3 Å². The van der Waals surface area contributed by atoms with Crippen molar-refractivity contribution in [2.24, 2.45) is 0 Å². The largest absolute Gasteiger partial charge is 0.469 e. The lowest BCUT2D eigenvalue weighted by molar-refractivity contribution is -0.141. The van der Waals surface area contributed by atoms with Gasteiger partial charge in [-0.3, -0.25) is 24.2 Å². The number of ether oxygens (including phenoxy) is 2. The maximum absolute atomic E-state index is 14.7. The van der Waals surface area contributed by atoms with Gasteiger partial charge in [-0.15, -0.1) is 0 Å². The Hall–Kier alpha value is -7.34. The molecule has 78 heavy (non-hydrogen) atoms. The van der Waals surface area contributed by atoms with Crippen molar-refractivity contribution in [3.63, 3.8) is 0 Å². The van der Waals surface area contributed by atoms with E-state index in [0.717, 1.165) is 106 Å². The number of esters is 2. The molecule has 8 bridgehead atoms. The van der Waals surface area contributed by atoms with Crippen LogP contribution in [-0.2, 0) is 36.3 Å². The van der Waals surface area contributed by atoms with Crippen LogP contribution in [0.2, 0.25) is 0 Å². The van der Waals surface area contributed by atoms with E-state index in [2.05, 4.69) is 107 Å². The average Bonchev–Trinajstić information content (AvgIpc) is 4.18. The fourth-order valence-electron chi connectivity index (χ4n) is 11.9. The van der Waals surface area contributed by atoms with Gasteiger partial charge in [-0.2, -0.15) is 0 Å². The number of aromatic amines is 2. The number of carbonyl (C=O) groups excluding carboxylic acids is 4. The molecule has 3 aromatic heterocycles. The lowest BCUT2D eigenvalue weighted by atomic mass is 9.62. The van der Waals surface area contributed by atoms with Crippen LogP contribution in [0.25, 0.3) is 44.9 Å². The molecule has 2 aromatic carbocycles. The lowest BCUT2D eigenvalue weighted by Gasteiger charge is -2.42. The number of fused-ring (bicyclic) bond motifs is 9. The highest BCUT2D eigenvalue weighted by Gasteiger charge is 2.38. The van der Waals surface area contributed by atoms with E-state index in [1.54, 1.807) is 0 Å². The molecule has 12 heteroatoms. The van der Waals surface area contributed by atoms with Gasteiger partial charge in [0.1, 0.15) is 0 Å². The summed E-state index contributed by atoms with van der Waals surface area (Å²) in [5, 5.41) is 6.28. The van der Waals surface area contributed by atoms with Crippen molar-refractivity contribution in [1.82, 2.24) is 30.6 Å². The number of amides is 2. The first-order chi connectivity index (χ1) is 37.1.